The van der Waals surface area contributed by atoms with Gasteiger partial charge in [-0.3, -0.25) is 0 Å². The number of rotatable bonds is 0. The molecule has 0 aliphatic carbocycles. The molecule has 0 amide bonds. The minimum absolute atomic E-state index is 0.611. The Morgan fingerprint density at radius 2 is 1.86 bits per heavy atom. The van der Waals surface area contributed by atoms with Gasteiger partial charge in [0.2, 0.25) is 5.25 Å². The Morgan fingerprint density at radius 1 is 1.43 bits per heavy atom. The molecule has 0 aromatic carbocycles. The van der Waals surface area contributed by atoms with Crippen molar-refractivity contribution in [3.05, 3.63) is 0 Å². The van der Waals surface area contributed by atoms with Gasteiger partial charge >= 0.3 is 0 Å². The van der Waals surface area contributed by atoms with Crippen LogP contribution >= 0.6 is 11.6 Å². The first-order chi connectivity index (χ1) is 3.21. The second-order valence-corrected chi connectivity index (χ2v) is 2.22. The van der Waals surface area contributed by atoms with Gasteiger partial charge in [-0.2, -0.15) is 0 Å². The van der Waals surface area contributed by atoms with Crippen LogP contribution in [0.5, 0.6) is 0 Å². The summed E-state index contributed by atoms with van der Waals surface area (Å²) < 4.78 is 9.77. The number of alkyl halides is 1. The van der Waals surface area contributed by atoms with Crippen molar-refractivity contribution in [2.24, 2.45) is 0 Å². The van der Waals surface area contributed by atoms with Crippen LogP contribution in [0.3, 0.4) is 0 Å². The third-order valence-corrected chi connectivity index (χ3v) is 1.02. The average Bonchev–Trinajstić information content (AvgIpc) is 1.84. The molecule has 1 fully saturated rings. The van der Waals surface area contributed by atoms with Gasteiger partial charge in [0.15, 0.2) is 0 Å². The van der Waals surface area contributed by atoms with Crippen LogP contribution in [-0.2, 0) is 9.47 Å². The van der Waals surface area contributed by atoms with Gasteiger partial charge in [-0.25, -0.2) is 0 Å². The van der Waals surface area contributed by atoms with Crippen molar-refractivity contribution in [2.75, 3.05) is 13.2 Å². The van der Waals surface area contributed by atoms with Crippen LogP contribution in [-0.4, -0.2) is 18.5 Å². The summed E-state index contributed by atoms with van der Waals surface area (Å²) in [5.41, 5.74) is 0. The minimum atomic E-state index is -0.833. The van der Waals surface area contributed by atoms with Crippen LogP contribution in [0.25, 0.3) is 0 Å². The Hall–Kier alpha value is 0.210. The second-order valence-electron chi connectivity index (χ2n) is 1.53. The van der Waals surface area contributed by atoms with E-state index in [1.54, 1.807) is 6.92 Å². The molecule has 3 heteroatoms. The van der Waals surface area contributed by atoms with Crippen molar-refractivity contribution in [3.63, 3.8) is 0 Å². The highest BCUT2D eigenvalue weighted by Gasteiger charge is 2.26. The van der Waals surface area contributed by atoms with Crippen molar-refractivity contribution >= 4 is 11.6 Å². The summed E-state index contributed by atoms with van der Waals surface area (Å²) in [5.74, 6) is 0. The molecule has 0 bridgehead atoms. The van der Waals surface area contributed by atoms with Crippen LogP contribution in [0.15, 0.2) is 0 Å². The number of hydrogen-bond donors (Lipinski definition) is 0. The Kier molecular flexibility index (Phi) is 1.24. The molecule has 0 N–H and O–H groups in total. The minimum Gasteiger partial charge on any atom is -0.335 e. The predicted molar refractivity (Wildman–Crippen MR) is 26.2 cm³/mol. The SMILES string of the molecule is CC1(Cl)OCCO1. The zero-order valence-corrected chi connectivity index (χ0v) is 4.86. The molecule has 0 spiro atoms. The summed E-state index contributed by atoms with van der Waals surface area (Å²) in [6.45, 7) is 2.90. The molecule has 0 aromatic heterocycles. The van der Waals surface area contributed by atoms with Gasteiger partial charge in [0.25, 0.3) is 0 Å². The molecule has 0 atom stereocenters. The second kappa shape index (κ2) is 1.62. The molecule has 0 saturated carbocycles. The molecule has 1 saturated heterocycles. The average molecular weight is 123 g/mol. The maximum atomic E-state index is 5.52. The summed E-state index contributed by atoms with van der Waals surface area (Å²) in [6, 6.07) is 0. The summed E-state index contributed by atoms with van der Waals surface area (Å²) in [4.78, 5) is 0. The molecule has 1 aliphatic heterocycles. The van der Waals surface area contributed by atoms with E-state index in [1.165, 1.54) is 0 Å². The summed E-state index contributed by atoms with van der Waals surface area (Å²) >= 11 is 5.52. The monoisotopic (exact) mass is 122 g/mol. The lowest BCUT2D eigenvalue weighted by molar-refractivity contribution is -0.0676. The lowest BCUT2D eigenvalue weighted by Gasteiger charge is -2.10. The van der Waals surface area contributed by atoms with Crippen LogP contribution in [0.4, 0.5) is 0 Å². The third kappa shape index (κ3) is 1.30. The van der Waals surface area contributed by atoms with Crippen LogP contribution in [0.1, 0.15) is 6.92 Å². The van der Waals surface area contributed by atoms with E-state index in [2.05, 4.69) is 0 Å². The van der Waals surface area contributed by atoms with Crippen molar-refractivity contribution in [1.29, 1.82) is 0 Å². The fourth-order valence-electron chi connectivity index (χ4n) is 0.490. The van der Waals surface area contributed by atoms with Gasteiger partial charge in [0, 0.05) is 6.92 Å². The van der Waals surface area contributed by atoms with Gasteiger partial charge in [-0.1, -0.05) is 11.6 Å². The van der Waals surface area contributed by atoms with E-state index in [-0.39, 0.29) is 0 Å². The molecule has 1 heterocycles. The molecule has 0 unspecified atom stereocenters. The van der Waals surface area contributed by atoms with Gasteiger partial charge in [-0.15, -0.1) is 0 Å². The van der Waals surface area contributed by atoms with Gasteiger partial charge in [0.1, 0.15) is 0 Å². The highest BCUT2D eigenvalue weighted by molar-refractivity contribution is 6.21. The fourth-order valence-corrected chi connectivity index (χ4v) is 0.644. The molecule has 1 aliphatic rings. The summed E-state index contributed by atoms with van der Waals surface area (Å²) in [7, 11) is 0. The topological polar surface area (TPSA) is 18.5 Å². The first-order valence-corrected chi connectivity index (χ1v) is 2.55. The zero-order valence-electron chi connectivity index (χ0n) is 4.11. The maximum Gasteiger partial charge on any atom is 0.245 e. The van der Waals surface area contributed by atoms with Crippen molar-refractivity contribution in [3.8, 4) is 0 Å². The van der Waals surface area contributed by atoms with E-state index in [4.69, 9.17) is 21.1 Å². The quantitative estimate of drug-likeness (QED) is 0.446. The van der Waals surface area contributed by atoms with Crippen LogP contribution in [0.2, 0.25) is 0 Å². The molecule has 2 nitrogen and oxygen atoms in total. The van der Waals surface area contributed by atoms with Crippen LogP contribution < -0.4 is 0 Å². The lowest BCUT2D eigenvalue weighted by atomic mass is 10.8. The van der Waals surface area contributed by atoms with E-state index >= 15 is 0 Å². The summed E-state index contributed by atoms with van der Waals surface area (Å²) in [6.07, 6.45) is 0. The predicted octanol–water partition coefficient (Wildman–Crippen LogP) is 0.946. The molecular weight excluding hydrogens is 115 g/mol. The van der Waals surface area contributed by atoms with E-state index in [0.717, 1.165) is 0 Å². The molecule has 0 aromatic rings. The van der Waals surface area contributed by atoms with E-state index in [1.807, 2.05) is 0 Å². The molecule has 42 valence electrons. The van der Waals surface area contributed by atoms with Crippen molar-refractivity contribution in [1.82, 2.24) is 0 Å². The van der Waals surface area contributed by atoms with Crippen molar-refractivity contribution < 1.29 is 9.47 Å². The van der Waals surface area contributed by atoms with E-state index < -0.39 is 5.25 Å². The lowest BCUT2D eigenvalue weighted by Crippen LogP contribution is -2.14. The van der Waals surface area contributed by atoms with E-state index in [0.29, 0.717) is 13.2 Å². The Labute approximate surface area is 47.4 Å². The zero-order chi connectivity index (χ0) is 5.33. The van der Waals surface area contributed by atoms with Gasteiger partial charge in [0.05, 0.1) is 13.2 Å². The molecule has 0 radical (unpaired) electrons. The Balaban J connectivity index is 2.40. The molecule has 7 heavy (non-hydrogen) atoms. The smallest absolute Gasteiger partial charge is 0.245 e. The number of ether oxygens (including phenoxy) is 2. The van der Waals surface area contributed by atoms with Crippen molar-refractivity contribution in [2.45, 2.75) is 12.2 Å². The first kappa shape index (κ1) is 5.35. The largest absolute Gasteiger partial charge is 0.335 e. The summed E-state index contributed by atoms with van der Waals surface area (Å²) in [5, 5.41) is -0.833. The number of hydrogen-bond acceptors (Lipinski definition) is 2. The van der Waals surface area contributed by atoms with Gasteiger partial charge < -0.3 is 9.47 Å². The Morgan fingerprint density at radius 3 is 2.00 bits per heavy atom. The maximum absolute atomic E-state index is 5.52. The number of halogens is 1. The normalized spacial score (nSPS) is 28.3. The first-order valence-electron chi connectivity index (χ1n) is 2.17. The van der Waals surface area contributed by atoms with Crippen LogP contribution in [0, 0.1) is 0 Å². The molecule has 1 rings (SSSR count). The fraction of sp³-hybridized carbons (Fsp3) is 1.00. The standard InChI is InChI=1S/C4H7ClO2/c1-4(5)6-2-3-7-4/h2-3H2,1H3. The van der Waals surface area contributed by atoms with Gasteiger partial charge in [-0.05, 0) is 0 Å². The highest BCUT2D eigenvalue weighted by atomic mass is 35.5. The highest BCUT2D eigenvalue weighted by Crippen LogP contribution is 2.21. The molecular formula is C4H7ClO2. The van der Waals surface area contributed by atoms with E-state index in [9.17, 15) is 0 Å². The third-order valence-electron chi connectivity index (χ3n) is 0.803. The Bertz CT molecular complexity index is 64.1.